The highest BCUT2D eigenvalue weighted by atomic mass is 16.6. The van der Waals surface area contributed by atoms with Gasteiger partial charge in [-0.1, -0.05) is 140 Å². The average Bonchev–Trinajstić information content (AvgIpc) is 3.63. The number of carboxylic acid groups (broad SMARTS) is 1. The van der Waals surface area contributed by atoms with Gasteiger partial charge in [0, 0.05) is 25.6 Å². The first-order chi connectivity index (χ1) is 30.6. The molecule has 0 saturated carbocycles. The summed E-state index contributed by atoms with van der Waals surface area (Å²) >= 11 is 0. The fraction of sp³-hybridized carbons (Fsp3) is 0.360. The molecule has 0 atom stereocenters. The average molecular weight is 847 g/mol. The van der Waals surface area contributed by atoms with Gasteiger partial charge in [-0.25, -0.2) is 9.59 Å². The van der Waals surface area contributed by atoms with Gasteiger partial charge in [0.25, 0.3) is 0 Å². The molecule has 62 heavy (non-hydrogen) atoms. The van der Waals surface area contributed by atoms with Gasteiger partial charge in [0.2, 0.25) is 0 Å². The standard InChI is InChI=1S/C50H58N2O10/c53-48(54)39-61-37-36-60-35-32-58-29-26-52(49(55)62-38-47-45-22-12-10-20-43(45)44-21-11-13-23-46(44)47)25-28-57-31-34-59-33-30-56-27-24-51-50(40-14-4-1-5-15-40,41-16-6-2-7-17-41)42-18-8-3-9-19-42/h1-23,47,51H,24-39H2,(H,53,54). The Labute approximate surface area is 364 Å². The Balaban J connectivity index is 0.904. The molecular weight excluding hydrogens is 789 g/mol. The van der Waals surface area contributed by atoms with Crippen LogP contribution in [0, 0.1) is 0 Å². The van der Waals surface area contributed by atoms with E-state index in [4.69, 9.17) is 38.3 Å². The fourth-order valence-corrected chi connectivity index (χ4v) is 7.65. The van der Waals surface area contributed by atoms with E-state index in [-0.39, 0.29) is 39.0 Å². The summed E-state index contributed by atoms with van der Waals surface area (Å²) in [6.07, 6.45) is -0.442. The highest BCUT2D eigenvalue weighted by molar-refractivity contribution is 5.79. The first-order valence-corrected chi connectivity index (χ1v) is 21.3. The van der Waals surface area contributed by atoms with E-state index in [1.807, 2.05) is 42.5 Å². The predicted octanol–water partition coefficient (Wildman–Crippen LogP) is 7.00. The number of carboxylic acids is 1. The van der Waals surface area contributed by atoms with Gasteiger partial charge in [-0.2, -0.15) is 0 Å². The molecule has 0 radical (unpaired) electrons. The lowest BCUT2D eigenvalue weighted by molar-refractivity contribution is -0.142. The van der Waals surface area contributed by atoms with Crippen molar-refractivity contribution in [3.8, 4) is 11.1 Å². The van der Waals surface area contributed by atoms with Crippen LogP contribution >= 0.6 is 0 Å². The summed E-state index contributed by atoms with van der Waals surface area (Å²) in [6.45, 7) is 4.80. The molecule has 0 aliphatic heterocycles. The second-order valence-corrected chi connectivity index (χ2v) is 14.6. The fourth-order valence-electron chi connectivity index (χ4n) is 7.65. The van der Waals surface area contributed by atoms with E-state index in [9.17, 15) is 9.59 Å². The van der Waals surface area contributed by atoms with E-state index in [2.05, 4.69) is 102 Å². The Kier molecular flexibility index (Phi) is 18.9. The number of benzene rings is 5. The van der Waals surface area contributed by atoms with E-state index in [1.54, 1.807) is 4.90 Å². The summed E-state index contributed by atoms with van der Waals surface area (Å²) < 4.78 is 39.7. The van der Waals surface area contributed by atoms with Gasteiger partial charge in [0.05, 0.1) is 78.2 Å². The minimum Gasteiger partial charge on any atom is -0.480 e. The van der Waals surface area contributed by atoms with E-state index in [0.29, 0.717) is 72.5 Å². The Morgan fingerprint density at radius 2 is 0.887 bits per heavy atom. The maximum Gasteiger partial charge on any atom is 0.409 e. The van der Waals surface area contributed by atoms with Crippen LogP contribution in [-0.2, 0) is 43.5 Å². The van der Waals surface area contributed by atoms with Crippen molar-refractivity contribution < 1.29 is 47.9 Å². The zero-order valence-corrected chi connectivity index (χ0v) is 35.2. The van der Waals surface area contributed by atoms with Crippen LogP contribution in [0.15, 0.2) is 140 Å². The molecular formula is C50H58N2O10. The van der Waals surface area contributed by atoms with Crippen molar-refractivity contribution in [1.82, 2.24) is 10.2 Å². The van der Waals surface area contributed by atoms with Gasteiger partial charge in [-0.15, -0.1) is 0 Å². The Morgan fingerprint density at radius 1 is 0.500 bits per heavy atom. The summed E-state index contributed by atoms with van der Waals surface area (Å²) in [4.78, 5) is 25.6. The van der Waals surface area contributed by atoms with Crippen LogP contribution < -0.4 is 5.32 Å². The van der Waals surface area contributed by atoms with Gasteiger partial charge >= 0.3 is 12.1 Å². The van der Waals surface area contributed by atoms with E-state index < -0.39 is 17.6 Å². The van der Waals surface area contributed by atoms with Gasteiger partial charge < -0.3 is 43.2 Å². The largest absolute Gasteiger partial charge is 0.480 e. The molecule has 0 spiro atoms. The monoisotopic (exact) mass is 846 g/mol. The molecule has 1 aliphatic rings. The van der Waals surface area contributed by atoms with E-state index in [0.717, 1.165) is 38.9 Å². The summed E-state index contributed by atoms with van der Waals surface area (Å²) in [5, 5.41) is 12.5. The van der Waals surface area contributed by atoms with Crippen LogP contribution in [0.2, 0.25) is 0 Å². The van der Waals surface area contributed by atoms with Crippen molar-refractivity contribution in [2.75, 3.05) is 106 Å². The molecule has 0 heterocycles. The lowest BCUT2D eigenvalue weighted by atomic mass is 9.77. The van der Waals surface area contributed by atoms with Crippen LogP contribution in [0.25, 0.3) is 11.1 Å². The number of nitrogens with one attached hydrogen (secondary N) is 1. The molecule has 1 aliphatic carbocycles. The highest BCUT2D eigenvalue weighted by Gasteiger charge is 2.35. The lowest BCUT2D eigenvalue weighted by Gasteiger charge is -2.37. The second-order valence-electron chi connectivity index (χ2n) is 14.6. The van der Waals surface area contributed by atoms with Gasteiger partial charge in [-0.05, 0) is 38.9 Å². The summed E-state index contributed by atoms with van der Waals surface area (Å²) in [6, 6.07) is 47.9. The maximum atomic E-state index is 13.5. The summed E-state index contributed by atoms with van der Waals surface area (Å²) in [5.74, 6) is -1.08. The molecule has 0 bridgehead atoms. The quantitative estimate of drug-likeness (QED) is 0.0381. The number of fused-ring (bicyclic) bond motifs is 3. The van der Waals surface area contributed by atoms with Crippen molar-refractivity contribution in [3.63, 3.8) is 0 Å². The SMILES string of the molecule is O=C(O)COCCOCCOCCN(CCOCCOCCOCCNC(c1ccccc1)(c1ccccc1)c1ccccc1)C(=O)OCC1c2ccccc2-c2ccccc21. The summed E-state index contributed by atoms with van der Waals surface area (Å²) in [7, 11) is 0. The smallest absolute Gasteiger partial charge is 0.409 e. The van der Waals surface area contributed by atoms with E-state index >= 15 is 0 Å². The third-order valence-electron chi connectivity index (χ3n) is 10.6. The van der Waals surface area contributed by atoms with Crippen molar-refractivity contribution in [1.29, 1.82) is 0 Å². The van der Waals surface area contributed by atoms with Crippen molar-refractivity contribution in [2.24, 2.45) is 0 Å². The molecule has 0 aromatic heterocycles. The molecule has 5 aromatic carbocycles. The number of carbonyl (C=O) groups is 2. The van der Waals surface area contributed by atoms with Crippen LogP contribution in [-0.4, -0.2) is 128 Å². The predicted molar refractivity (Wildman–Crippen MR) is 236 cm³/mol. The minimum atomic E-state index is -1.02. The van der Waals surface area contributed by atoms with Crippen molar-refractivity contribution in [3.05, 3.63) is 167 Å². The highest BCUT2D eigenvalue weighted by Crippen LogP contribution is 2.44. The van der Waals surface area contributed by atoms with Gasteiger partial charge in [-0.3, -0.25) is 5.32 Å². The zero-order valence-electron chi connectivity index (χ0n) is 35.2. The van der Waals surface area contributed by atoms with Crippen LogP contribution in [0.5, 0.6) is 0 Å². The number of hydrogen-bond donors (Lipinski definition) is 2. The Morgan fingerprint density at radius 3 is 1.34 bits per heavy atom. The number of carbonyl (C=O) groups excluding carboxylic acids is 1. The van der Waals surface area contributed by atoms with Gasteiger partial charge in [0.15, 0.2) is 0 Å². The molecule has 328 valence electrons. The Bertz CT molecular complexity index is 1910. The lowest BCUT2D eigenvalue weighted by Crippen LogP contribution is -2.46. The number of hydrogen-bond acceptors (Lipinski definition) is 10. The second kappa shape index (κ2) is 25.5. The molecule has 0 fully saturated rings. The number of ether oxygens (including phenoxy) is 7. The number of rotatable bonds is 29. The van der Waals surface area contributed by atoms with Crippen LogP contribution in [0.1, 0.15) is 33.7 Å². The summed E-state index contributed by atoms with van der Waals surface area (Å²) in [5.41, 5.74) is 7.52. The van der Waals surface area contributed by atoms with Crippen LogP contribution in [0.4, 0.5) is 4.79 Å². The molecule has 0 unspecified atom stereocenters. The molecule has 1 amide bonds. The topological polar surface area (TPSA) is 134 Å². The maximum absolute atomic E-state index is 13.5. The number of aliphatic carboxylic acids is 1. The van der Waals surface area contributed by atoms with Crippen LogP contribution in [0.3, 0.4) is 0 Å². The zero-order chi connectivity index (χ0) is 43.1. The van der Waals surface area contributed by atoms with Crippen molar-refractivity contribution in [2.45, 2.75) is 11.5 Å². The normalized spacial score (nSPS) is 12.2. The minimum absolute atomic E-state index is 0.0545. The molecule has 5 aromatic rings. The third kappa shape index (κ3) is 13.3. The third-order valence-corrected chi connectivity index (χ3v) is 10.6. The Hall–Kier alpha value is -5.44. The van der Waals surface area contributed by atoms with Crippen molar-refractivity contribution >= 4 is 12.1 Å². The van der Waals surface area contributed by atoms with E-state index in [1.165, 1.54) is 0 Å². The number of amides is 1. The molecule has 2 N–H and O–H groups in total. The molecule has 6 rings (SSSR count). The first kappa shape index (κ1) is 46.1. The molecule has 12 heteroatoms. The molecule has 12 nitrogen and oxygen atoms in total. The number of nitrogens with zero attached hydrogens (tertiary/aromatic N) is 1. The first-order valence-electron chi connectivity index (χ1n) is 21.3. The molecule has 0 saturated heterocycles. The van der Waals surface area contributed by atoms with Gasteiger partial charge in [0.1, 0.15) is 13.2 Å².